The van der Waals surface area contributed by atoms with Crippen LogP contribution in [0.2, 0.25) is 0 Å². The molecule has 1 N–H and O–H groups in total. The summed E-state index contributed by atoms with van der Waals surface area (Å²) in [5, 5.41) is 5.40. The number of carbonyl (C=O) groups is 2. The molecule has 1 aromatic heterocycles. The predicted molar refractivity (Wildman–Crippen MR) is 123 cm³/mol. The fourth-order valence-electron chi connectivity index (χ4n) is 3.47. The van der Waals surface area contributed by atoms with Gasteiger partial charge >= 0.3 is 0 Å². The Balaban J connectivity index is 1.20. The zero-order chi connectivity index (χ0) is 22.3. The maximum atomic E-state index is 12.5. The number of carbonyl (C=O) groups excluding carboxylic acids is 2. The summed E-state index contributed by atoms with van der Waals surface area (Å²) in [7, 11) is 0. The Morgan fingerprint density at radius 3 is 2.34 bits per heavy atom. The number of nitrogens with zero attached hydrogens (tertiary/aromatic N) is 2. The summed E-state index contributed by atoms with van der Waals surface area (Å²) in [5.74, 6) is 1.84. The molecule has 0 unspecified atom stereocenters. The Kier molecular flexibility index (Phi) is 7.01. The number of para-hydroxylation sites is 1. The van der Waals surface area contributed by atoms with Crippen molar-refractivity contribution in [2.24, 2.45) is 5.92 Å². The van der Waals surface area contributed by atoms with Gasteiger partial charge in [0.15, 0.2) is 11.7 Å². The molecule has 166 valence electrons. The Hall–Kier alpha value is -3.39. The van der Waals surface area contributed by atoms with Gasteiger partial charge in [0.25, 0.3) is 5.91 Å². The van der Waals surface area contributed by atoms with Crippen molar-refractivity contribution < 1.29 is 19.1 Å². The molecule has 0 spiro atoms. The maximum absolute atomic E-state index is 12.5. The number of likely N-dealkylation sites (tertiary alicyclic amines) is 1. The first-order chi connectivity index (χ1) is 15.6. The van der Waals surface area contributed by atoms with E-state index >= 15 is 0 Å². The first-order valence-corrected chi connectivity index (χ1v) is 11.4. The molecule has 0 aliphatic carbocycles. The van der Waals surface area contributed by atoms with Crippen molar-refractivity contribution in [3.63, 3.8) is 0 Å². The highest BCUT2D eigenvalue weighted by atomic mass is 32.1. The van der Waals surface area contributed by atoms with E-state index in [1.165, 1.54) is 11.3 Å². The largest absolute Gasteiger partial charge is 0.484 e. The number of hydrogen-bond acceptors (Lipinski definition) is 6. The second kappa shape index (κ2) is 10.3. The van der Waals surface area contributed by atoms with Crippen molar-refractivity contribution in [1.29, 1.82) is 0 Å². The van der Waals surface area contributed by atoms with Gasteiger partial charge in [-0.3, -0.25) is 9.59 Å². The van der Waals surface area contributed by atoms with Gasteiger partial charge in [-0.15, -0.1) is 11.3 Å². The lowest BCUT2D eigenvalue weighted by Gasteiger charge is -2.31. The molecule has 0 saturated carbocycles. The van der Waals surface area contributed by atoms with Gasteiger partial charge in [-0.1, -0.05) is 18.2 Å². The van der Waals surface area contributed by atoms with Gasteiger partial charge in [-0.2, -0.15) is 0 Å². The zero-order valence-electron chi connectivity index (χ0n) is 17.8. The van der Waals surface area contributed by atoms with Crippen LogP contribution in [-0.4, -0.2) is 41.4 Å². The molecular weight excluding hydrogens is 426 g/mol. The molecular formula is C24H25N3O4S. The molecule has 2 aromatic carbocycles. The van der Waals surface area contributed by atoms with E-state index in [-0.39, 0.29) is 24.3 Å². The number of amides is 2. The van der Waals surface area contributed by atoms with Crippen LogP contribution in [0.3, 0.4) is 0 Å². The van der Waals surface area contributed by atoms with E-state index in [1.54, 1.807) is 29.2 Å². The minimum atomic E-state index is -0.110. The summed E-state index contributed by atoms with van der Waals surface area (Å²) in [6.45, 7) is 2.95. The molecule has 2 heterocycles. The molecule has 0 bridgehead atoms. The Labute approximate surface area is 191 Å². The molecule has 7 nitrogen and oxygen atoms in total. The van der Waals surface area contributed by atoms with Crippen LogP contribution in [0.25, 0.3) is 0 Å². The van der Waals surface area contributed by atoms with Gasteiger partial charge in [0.1, 0.15) is 17.2 Å². The molecule has 0 radical (unpaired) electrons. The minimum absolute atomic E-state index is 0.0273. The number of anilines is 1. The molecule has 32 heavy (non-hydrogen) atoms. The fourth-order valence-corrected chi connectivity index (χ4v) is 4.17. The van der Waals surface area contributed by atoms with Crippen LogP contribution in [0.15, 0.2) is 60.0 Å². The quantitative estimate of drug-likeness (QED) is 0.572. The molecule has 8 heteroatoms. The van der Waals surface area contributed by atoms with Crippen LogP contribution in [0, 0.1) is 12.8 Å². The average Bonchev–Trinajstić information content (AvgIpc) is 3.23. The van der Waals surface area contributed by atoms with Crippen LogP contribution >= 0.6 is 11.3 Å². The number of nitrogens with one attached hydrogen (secondary N) is 1. The van der Waals surface area contributed by atoms with Crippen molar-refractivity contribution in [2.45, 2.75) is 19.8 Å². The van der Waals surface area contributed by atoms with Gasteiger partial charge in [0, 0.05) is 24.4 Å². The molecule has 2 amide bonds. The number of ether oxygens (including phenoxy) is 2. The zero-order valence-corrected chi connectivity index (χ0v) is 18.6. The van der Waals surface area contributed by atoms with E-state index < -0.39 is 0 Å². The van der Waals surface area contributed by atoms with Crippen LogP contribution in [0.1, 0.15) is 18.5 Å². The SMILES string of the molecule is Cc1csc(NC(=O)C2CCN(C(=O)COc3ccc(Oc4ccccc4)cc3)CC2)n1. The first kappa shape index (κ1) is 21.8. The highest BCUT2D eigenvalue weighted by Gasteiger charge is 2.28. The summed E-state index contributed by atoms with van der Waals surface area (Å²) >= 11 is 1.42. The summed E-state index contributed by atoms with van der Waals surface area (Å²) in [6, 6.07) is 16.7. The first-order valence-electron chi connectivity index (χ1n) is 10.5. The molecule has 1 fully saturated rings. The molecule has 4 rings (SSSR count). The molecule has 1 aliphatic rings. The van der Waals surface area contributed by atoms with Crippen molar-refractivity contribution in [1.82, 2.24) is 9.88 Å². The Morgan fingerprint density at radius 2 is 1.69 bits per heavy atom. The maximum Gasteiger partial charge on any atom is 0.260 e. The number of rotatable bonds is 7. The average molecular weight is 452 g/mol. The third-order valence-corrected chi connectivity index (χ3v) is 6.11. The smallest absolute Gasteiger partial charge is 0.260 e. The monoisotopic (exact) mass is 451 g/mol. The van der Waals surface area contributed by atoms with Gasteiger partial charge in [-0.25, -0.2) is 4.98 Å². The normalized spacial score (nSPS) is 14.1. The lowest BCUT2D eigenvalue weighted by molar-refractivity contribution is -0.136. The summed E-state index contributed by atoms with van der Waals surface area (Å²) < 4.78 is 11.4. The summed E-state index contributed by atoms with van der Waals surface area (Å²) in [4.78, 5) is 31.0. The van der Waals surface area contributed by atoms with Crippen molar-refractivity contribution in [3.05, 3.63) is 65.7 Å². The van der Waals surface area contributed by atoms with E-state index in [4.69, 9.17) is 9.47 Å². The second-order valence-corrected chi connectivity index (χ2v) is 8.47. The van der Waals surface area contributed by atoms with E-state index in [0.29, 0.717) is 42.6 Å². The topological polar surface area (TPSA) is 80.8 Å². The predicted octanol–water partition coefficient (Wildman–Crippen LogP) is 4.50. The van der Waals surface area contributed by atoms with Crippen LogP contribution in [-0.2, 0) is 9.59 Å². The second-order valence-electron chi connectivity index (χ2n) is 7.61. The number of piperidine rings is 1. The molecule has 3 aromatic rings. The lowest BCUT2D eigenvalue weighted by atomic mass is 9.96. The molecule has 1 saturated heterocycles. The van der Waals surface area contributed by atoms with Crippen LogP contribution < -0.4 is 14.8 Å². The number of aryl methyl sites for hydroxylation is 1. The van der Waals surface area contributed by atoms with Crippen molar-refractivity contribution >= 4 is 28.3 Å². The number of aromatic nitrogens is 1. The van der Waals surface area contributed by atoms with E-state index in [0.717, 1.165) is 11.4 Å². The molecule has 1 aliphatic heterocycles. The number of hydrogen-bond donors (Lipinski definition) is 1. The van der Waals surface area contributed by atoms with Gasteiger partial charge in [0.05, 0.1) is 5.69 Å². The van der Waals surface area contributed by atoms with Crippen LogP contribution in [0.5, 0.6) is 17.2 Å². The third-order valence-electron chi connectivity index (χ3n) is 5.23. The number of benzene rings is 2. The molecule has 0 atom stereocenters. The van der Waals surface area contributed by atoms with Gasteiger partial charge in [-0.05, 0) is 56.2 Å². The highest BCUT2D eigenvalue weighted by molar-refractivity contribution is 7.13. The van der Waals surface area contributed by atoms with Gasteiger partial charge in [0.2, 0.25) is 5.91 Å². The highest BCUT2D eigenvalue weighted by Crippen LogP contribution is 2.24. The summed E-state index contributed by atoms with van der Waals surface area (Å²) in [6.07, 6.45) is 1.26. The third kappa shape index (κ3) is 5.85. The van der Waals surface area contributed by atoms with Crippen LogP contribution in [0.4, 0.5) is 5.13 Å². The van der Waals surface area contributed by atoms with Crippen molar-refractivity contribution in [3.8, 4) is 17.2 Å². The van der Waals surface area contributed by atoms with E-state index in [9.17, 15) is 9.59 Å². The Bertz CT molecular complexity index is 1040. The van der Waals surface area contributed by atoms with Gasteiger partial charge < -0.3 is 19.7 Å². The van der Waals surface area contributed by atoms with E-state index in [2.05, 4.69) is 10.3 Å². The van der Waals surface area contributed by atoms with E-state index in [1.807, 2.05) is 42.6 Å². The number of thiazole rings is 1. The fraction of sp³-hybridized carbons (Fsp3) is 0.292. The summed E-state index contributed by atoms with van der Waals surface area (Å²) in [5.41, 5.74) is 0.893. The lowest BCUT2D eigenvalue weighted by Crippen LogP contribution is -2.43. The Morgan fingerprint density at radius 1 is 1.03 bits per heavy atom. The standard InChI is InChI=1S/C24H25N3O4S/c1-17-16-32-24(25-17)26-23(29)18-11-13-27(14-12-18)22(28)15-30-19-7-9-21(10-8-19)31-20-5-3-2-4-6-20/h2-10,16,18H,11-15H2,1H3,(H,25,26,29). The minimum Gasteiger partial charge on any atom is -0.484 e. The van der Waals surface area contributed by atoms with Crippen molar-refractivity contribution in [2.75, 3.05) is 25.0 Å².